The smallest absolute Gasteiger partial charge is 0.0231 e. The van der Waals surface area contributed by atoms with Gasteiger partial charge in [-0.05, 0) is 24.4 Å². The van der Waals surface area contributed by atoms with E-state index in [1.807, 2.05) is 11.8 Å². The molecule has 0 aromatic heterocycles. The van der Waals surface area contributed by atoms with Crippen LogP contribution in [-0.2, 0) is 13.1 Å². The van der Waals surface area contributed by atoms with Crippen molar-refractivity contribution in [1.29, 1.82) is 0 Å². The zero-order valence-corrected chi connectivity index (χ0v) is 12.9. The van der Waals surface area contributed by atoms with E-state index < -0.39 is 0 Å². The van der Waals surface area contributed by atoms with Crippen LogP contribution in [0.3, 0.4) is 0 Å². The molecule has 0 atom stereocenters. The lowest BCUT2D eigenvalue weighted by Crippen LogP contribution is -2.22. The highest BCUT2D eigenvalue weighted by atomic mass is 32.2. The molecule has 1 aromatic carbocycles. The summed E-state index contributed by atoms with van der Waals surface area (Å²) in [5.41, 5.74) is 2.76. The van der Waals surface area contributed by atoms with Gasteiger partial charge in [0, 0.05) is 31.4 Å². The summed E-state index contributed by atoms with van der Waals surface area (Å²) in [6.07, 6.45) is 2.16. The Hall–Kier alpha value is -0.510. The van der Waals surface area contributed by atoms with Crippen molar-refractivity contribution in [2.75, 3.05) is 25.6 Å². The van der Waals surface area contributed by atoms with Gasteiger partial charge < -0.3 is 10.2 Å². The van der Waals surface area contributed by atoms with E-state index in [1.54, 1.807) is 0 Å². The van der Waals surface area contributed by atoms with Gasteiger partial charge in [-0.15, -0.1) is 0 Å². The molecule has 0 saturated heterocycles. The van der Waals surface area contributed by atoms with Crippen molar-refractivity contribution in [3.8, 4) is 0 Å². The van der Waals surface area contributed by atoms with Crippen molar-refractivity contribution in [2.24, 2.45) is 0 Å². The SMILES string of the molecule is CSCCN(C)Cc1ccc(CNC(C)C)cc1. The average molecular weight is 266 g/mol. The standard InChI is InChI=1S/C15H26N2S/c1-13(2)16-11-14-5-7-15(8-6-14)12-17(3)9-10-18-4/h5-8,13,16H,9-12H2,1-4H3. The highest BCUT2D eigenvalue weighted by Crippen LogP contribution is 2.07. The second kappa shape index (κ2) is 8.57. The molecule has 0 saturated carbocycles. The van der Waals surface area contributed by atoms with E-state index in [-0.39, 0.29) is 0 Å². The lowest BCUT2D eigenvalue weighted by Gasteiger charge is -2.16. The summed E-state index contributed by atoms with van der Waals surface area (Å²) < 4.78 is 0. The number of nitrogens with one attached hydrogen (secondary N) is 1. The predicted molar refractivity (Wildman–Crippen MR) is 83.1 cm³/mol. The molecule has 0 radical (unpaired) electrons. The second-order valence-electron chi connectivity index (χ2n) is 5.08. The monoisotopic (exact) mass is 266 g/mol. The first-order valence-electron chi connectivity index (χ1n) is 6.60. The Morgan fingerprint density at radius 3 is 2.33 bits per heavy atom. The molecule has 0 amide bonds. The minimum Gasteiger partial charge on any atom is -0.310 e. The Kier molecular flexibility index (Phi) is 7.40. The maximum Gasteiger partial charge on any atom is 0.0231 e. The van der Waals surface area contributed by atoms with Gasteiger partial charge in [-0.25, -0.2) is 0 Å². The molecule has 102 valence electrons. The van der Waals surface area contributed by atoms with Crippen LogP contribution in [0.15, 0.2) is 24.3 Å². The molecular weight excluding hydrogens is 240 g/mol. The summed E-state index contributed by atoms with van der Waals surface area (Å²) in [6, 6.07) is 9.49. The van der Waals surface area contributed by atoms with Gasteiger partial charge in [0.25, 0.3) is 0 Å². The fourth-order valence-corrected chi connectivity index (χ4v) is 2.22. The number of benzene rings is 1. The van der Waals surface area contributed by atoms with Crippen molar-refractivity contribution in [1.82, 2.24) is 10.2 Å². The van der Waals surface area contributed by atoms with E-state index in [9.17, 15) is 0 Å². The summed E-state index contributed by atoms with van der Waals surface area (Å²) in [5.74, 6) is 1.20. The maximum atomic E-state index is 3.44. The van der Waals surface area contributed by atoms with E-state index in [0.717, 1.165) is 19.6 Å². The minimum atomic E-state index is 0.544. The molecule has 1 aromatic rings. The third-order valence-electron chi connectivity index (χ3n) is 2.87. The van der Waals surface area contributed by atoms with Crippen molar-refractivity contribution in [3.05, 3.63) is 35.4 Å². The van der Waals surface area contributed by atoms with Crippen LogP contribution >= 0.6 is 11.8 Å². The van der Waals surface area contributed by atoms with Gasteiger partial charge in [-0.3, -0.25) is 0 Å². The Morgan fingerprint density at radius 1 is 1.17 bits per heavy atom. The quantitative estimate of drug-likeness (QED) is 0.779. The van der Waals surface area contributed by atoms with Crippen LogP contribution in [0.4, 0.5) is 0 Å². The van der Waals surface area contributed by atoms with Gasteiger partial charge in [0.05, 0.1) is 0 Å². The van der Waals surface area contributed by atoms with Crippen molar-refractivity contribution in [2.45, 2.75) is 33.0 Å². The molecule has 2 nitrogen and oxygen atoms in total. The molecule has 1 rings (SSSR count). The van der Waals surface area contributed by atoms with Gasteiger partial charge in [0.15, 0.2) is 0 Å². The van der Waals surface area contributed by atoms with Crippen LogP contribution in [0, 0.1) is 0 Å². The molecule has 0 aliphatic carbocycles. The van der Waals surface area contributed by atoms with E-state index >= 15 is 0 Å². The Morgan fingerprint density at radius 2 is 1.78 bits per heavy atom. The minimum absolute atomic E-state index is 0.544. The Labute approximate surface area is 116 Å². The summed E-state index contributed by atoms with van der Waals surface area (Å²) in [5, 5.41) is 3.44. The zero-order valence-electron chi connectivity index (χ0n) is 12.1. The van der Waals surface area contributed by atoms with E-state index in [1.165, 1.54) is 16.9 Å². The largest absolute Gasteiger partial charge is 0.310 e. The number of thioether (sulfide) groups is 1. The molecular formula is C15H26N2S. The van der Waals surface area contributed by atoms with E-state index in [0.29, 0.717) is 6.04 Å². The fourth-order valence-electron chi connectivity index (χ4n) is 1.72. The molecule has 0 spiro atoms. The average Bonchev–Trinajstić information content (AvgIpc) is 2.35. The topological polar surface area (TPSA) is 15.3 Å². The van der Waals surface area contributed by atoms with Gasteiger partial charge in [-0.1, -0.05) is 38.1 Å². The first-order chi connectivity index (χ1) is 8.61. The molecule has 1 N–H and O–H groups in total. The third kappa shape index (κ3) is 6.43. The van der Waals surface area contributed by atoms with Crippen molar-refractivity contribution < 1.29 is 0 Å². The Balaban J connectivity index is 2.39. The summed E-state index contributed by atoms with van der Waals surface area (Å²) in [7, 11) is 2.18. The second-order valence-corrected chi connectivity index (χ2v) is 6.07. The molecule has 18 heavy (non-hydrogen) atoms. The van der Waals surface area contributed by atoms with Gasteiger partial charge >= 0.3 is 0 Å². The molecule has 0 bridgehead atoms. The molecule has 0 aliphatic rings. The van der Waals surface area contributed by atoms with E-state index in [2.05, 4.69) is 61.6 Å². The fraction of sp³-hybridized carbons (Fsp3) is 0.600. The third-order valence-corrected chi connectivity index (χ3v) is 3.46. The van der Waals surface area contributed by atoms with Crippen molar-refractivity contribution in [3.63, 3.8) is 0 Å². The zero-order chi connectivity index (χ0) is 13.4. The van der Waals surface area contributed by atoms with Crippen LogP contribution in [0.2, 0.25) is 0 Å². The summed E-state index contributed by atoms with van der Waals surface area (Å²) in [4.78, 5) is 2.37. The highest BCUT2D eigenvalue weighted by molar-refractivity contribution is 7.98. The first-order valence-corrected chi connectivity index (χ1v) is 8.00. The van der Waals surface area contributed by atoms with Crippen LogP contribution in [0.25, 0.3) is 0 Å². The molecule has 0 heterocycles. The molecule has 0 unspecified atom stereocenters. The van der Waals surface area contributed by atoms with Crippen LogP contribution in [0.1, 0.15) is 25.0 Å². The van der Waals surface area contributed by atoms with Crippen LogP contribution in [-0.4, -0.2) is 36.5 Å². The van der Waals surface area contributed by atoms with E-state index in [4.69, 9.17) is 0 Å². The number of hydrogen-bond acceptors (Lipinski definition) is 3. The number of rotatable bonds is 8. The van der Waals surface area contributed by atoms with Gasteiger partial charge in [0.1, 0.15) is 0 Å². The highest BCUT2D eigenvalue weighted by Gasteiger charge is 2.00. The lowest BCUT2D eigenvalue weighted by molar-refractivity contribution is 0.349. The number of hydrogen-bond donors (Lipinski definition) is 1. The predicted octanol–water partition coefficient (Wildman–Crippen LogP) is 2.98. The van der Waals surface area contributed by atoms with Crippen LogP contribution in [0.5, 0.6) is 0 Å². The van der Waals surface area contributed by atoms with Gasteiger partial charge in [0.2, 0.25) is 0 Å². The molecule has 0 fully saturated rings. The van der Waals surface area contributed by atoms with Gasteiger partial charge in [-0.2, -0.15) is 11.8 Å². The maximum absolute atomic E-state index is 3.44. The Bertz CT molecular complexity index is 322. The van der Waals surface area contributed by atoms with Crippen molar-refractivity contribution >= 4 is 11.8 Å². The summed E-state index contributed by atoms with van der Waals surface area (Å²) in [6.45, 7) is 7.50. The first kappa shape index (κ1) is 15.5. The normalized spacial score (nSPS) is 11.4. The lowest BCUT2D eigenvalue weighted by atomic mass is 10.1. The molecule has 0 aliphatic heterocycles. The molecule has 3 heteroatoms. The number of nitrogens with zero attached hydrogens (tertiary/aromatic N) is 1. The van der Waals surface area contributed by atoms with Crippen LogP contribution < -0.4 is 5.32 Å². The summed E-state index contributed by atoms with van der Waals surface area (Å²) >= 11 is 1.90.